The van der Waals surface area contributed by atoms with E-state index in [1.807, 2.05) is 33.0 Å². The van der Waals surface area contributed by atoms with Crippen LogP contribution in [0.5, 0.6) is 0 Å². The Labute approximate surface area is 163 Å². The first-order valence-electron chi connectivity index (χ1n) is 8.57. The molecule has 0 atom stereocenters. The molecule has 138 valence electrons. The van der Waals surface area contributed by atoms with Gasteiger partial charge in [0.15, 0.2) is 0 Å². The maximum Gasteiger partial charge on any atom is 0.293 e. The van der Waals surface area contributed by atoms with Crippen molar-refractivity contribution >= 4 is 51.8 Å². The van der Waals surface area contributed by atoms with Gasteiger partial charge in [-0.2, -0.15) is 0 Å². The monoisotopic (exact) mass is 390 g/mol. The Hall–Kier alpha value is -1.72. The zero-order valence-corrected chi connectivity index (χ0v) is 17.5. The average molecular weight is 391 g/mol. The zero-order valence-electron chi connectivity index (χ0n) is 15.9. The SMILES string of the molecule is CC1=CC(C)(C)N(C)c2cc(Cl)c(/C=C3\SC(=O)N(C(C)C)C3=O)cc21. The number of halogens is 1. The van der Waals surface area contributed by atoms with Crippen molar-refractivity contribution in [2.45, 2.75) is 46.2 Å². The molecular weight excluding hydrogens is 368 g/mol. The zero-order chi connectivity index (χ0) is 19.4. The van der Waals surface area contributed by atoms with Crippen LogP contribution < -0.4 is 4.90 Å². The third-order valence-electron chi connectivity index (χ3n) is 4.96. The van der Waals surface area contributed by atoms with Crippen molar-refractivity contribution in [1.82, 2.24) is 4.90 Å². The second-order valence-electron chi connectivity index (χ2n) is 7.58. The van der Waals surface area contributed by atoms with Crippen LogP contribution in [0.15, 0.2) is 23.1 Å². The molecule has 0 aliphatic carbocycles. The number of anilines is 1. The molecule has 2 amide bonds. The second kappa shape index (κ2) is 6.46. The van der Waals surface area contributed by atoms with Crippen LogP contribution in [0.2, 0.25) is 5.02 Å². The van der Waals surface area contributed by atoms with E-state index in [9.17, 15) is 9.59 Å². The summed E-state index contributed by atoms with van der Waals surface area (Å²) in [5.41, 5.74) is 3.98. The van der Waals surface area contributed by atoms with Crippen molar-refractivity contribution in [1.29, 1.82) is 0 Å². The molecule has 3 rings (SSSR count). The van der Waals surface area contributed by atoms with E-state index in [0.717, 1.165) is 28.6 Å². The van der Waals surface area contributed by atoms with E-state index in [1.54, 1.807) is 6.08 Å². The van der Waals surface area contributed by atoms with Gasteiger partial charge in [-0.3, -0.25) is 14.5 Å². The second-order valence-corrected chi connectivity index (χ2v) is 8.98. The maximum atomic E-state index is 12.5. The molecule has 0 aromatic heterocycles. The summed E-state index contributed by atoms with van der Waals surface area (Å²) in [4.78, 5) is 28.5. The van der Waals surface area contributed by atoms with Gasteiger partial charge in [-0.1, -0.05) is 17.7 Å². The number of allylic oxidation sites excluding steroid dienone is 1. The molecule has 4 nitrogen and oxygen atoms in total. The van der Waals surface area contributed by atoms with E-state index >= 15 is 0 Å². The molecule has 1 aromatic rings. The number of imide groups is 1. The van der Waals surface area contributed by atoms with Gasteiger partial charge in [-0.25, -0.2) is 0 Å². The summed E-state index contributed by atoms with van der Waals surface area (Å²) in [6.07, 6.45) is 3.95. The molecule has 1 aromatic carbocycles. The Morgan fingerprint density at radius 1 is 1.23 bits per heavy atom. The third-order valence-corrected chi connectivity index (χ3v) is 6.17. The quantitative estimate of drug-likeness (QED) is 0.632. The first-order chi connectivity index (χ1) is 12.0. The molecule has 0 radical (unpaired) electrons. The molecule has 0 N–H and O–H groups in total. The number of fused-ring (bicyclic) bond motifs is 1. The summed E-state index contributed by atoms with van der Waals surface area (Å²) < 4.78 is 0. The summed E-state index contributed by atoms with van der Waals surface area (Å²) >= 11 is 7.49. The van der Waals surface area contributed by atoms with Crippen LogP contribution in [-0.2, 0) is 4.79 Å². The van der Waals surface area contributed by atoms with Crippen molar-refractivity contribution in [2.24, 2.45) is 0 Å². The molecule has 0 bridgehead atoms. The minimum Gasteiger partial charge on any atom is -0.365 e. The molecular formula is C20H23ClN2O2S. The van der Waals surface area contributed by atoms with Crippen LogP contribution >= 0.6 is 23.4 Å². The summed E-state index contributed by atoms with van der Waals surface area (Å²) in [7, 11) is 2.05. The molecule has 2 heterocycles. The van der Waals surface area contributed by atoms with E-state index in [2.05, 4.69) is 31.7 Å². The van der Waals surface area contributed by atoms with Gasteiger partial charge in [0.2, 0.25) is 0 Å². The molecule has 2 aliphatic rings. The predicted octanol–water partition coefficient (Wildman–Crippen LogP) is 5.42. The summed E-state index contributed by atoms with van der Waals surface area (Å²) in [5, 5.41) is 0.334. The van der Waals surface area contributed by atoms with E-state index in [-0.39, 0.29) is 22.7 Å². The maximum absolute atomic E-state index is 12.5. The largest absolute Gasteiger partial charge is 0.365 e. The summed E-state index contributed by atoms with van der Waals surface area (Å²) in [6, 6.07) is 3.78. The fourth-order valence-corrected chi connectivity index (χ4v) is 4.53. The number of nitrogens with zero attached hydrogens (tertiary/aromatic N) is 2. The number of carbonyl (C=O) groups excluding carboxylic acids is 2. The van der Waals surface area contributed by atoms with Gasteiger partial charge >= 0.3 is 0 Å². The number of hydrogen-bond acceptors (Lipinski definition) is 4. The smallest absolute Gasteiger partial charge is 0.293 e. The van der Waals surface area contributed by atoms with Crippen LogP contribution in [0.3, 0.4) is 0 Å². The van der Waals surface area contributed by atoms with Crippen LogP contribution in [0.1, 0.15) is 45.7 Å². The van der Waals surface area contributed by atoms with E-state index in [0.29, 0.717) is 9.93 Å². The van der Waals surface area contributed by atoms with Crippen LogP contribution in [0.4, 0.5) is 10.5 Å². The van der Waals surface area contributed by atoms with Crippen LogP contribution in [0.25, 0.3) is 11.6 Å². The molecule has 0 saturated carbocycles. The lowest BCUT2D eigenvalue weighted by Crippen LogP contribution is -2.42. The first kappa shape index (κ1) is 19.1. The first-order valence-corrected chi connectivity index (χ1v) is 9.76. The van der Waals surface area contributed by atoms with Gasteiger partial charge in [-0.15, -0.1) is 0 Å². The highest BCUT2D eigenvalue weighted by Crippen LogP contribution is 2.42. The highest BCUT2D eigenvalue weighted by Gasteiger charge is 2.37. The Balaban J connectivity index is 2.06. The molecule has 0 unspecified atom stereocenters. The van der Waals surface area contributed by atoms with E-state index < -0.39 is 0 Å². The van der Waals surface area contributed by atoms with Crippen LogP contribution in [-0.4, -0.2) is 34.7 Å². The Kier molecular flexibility index (Phi) is 4.74. The van der Waals surface area contributed by atoms with Crippen molar-refractivity contribution < 1.29 is 9.59 Å². The van der Waals surface area contributed by atoms with Gasteiger partial charge < -0.3 is 4.90 Å². The molecule has 1 fully saturated rings. The van der Waals surface area contributed by atoms with Gasteiger partial charge in [0.05, 0.1) is 10.4 Å². The highest BCUT2D eigenvalue weighted by atomic mass is 35.5. The molecule has 26 heavy (non-hydrogen) atoms. The predicted molar refractivity (Wildman–Crippen MR) is 111 cm³/mol. The highest BCUT2D eigenvalue weighted by molar-refractivity contribution is 8.18. The number of likely N-dealkylation sites (N-methyl/N-ethyl adjacent to an activating group) is 1. The lowest BCUT2D eigenvalue weighted by Gasteiger charge is -2.40. The molecule has 0 spiro atoms. The Morgan fingerprint density at radius 3 is 2.46 bits per heavy atom. The van der Waals surface area contributed by atoms with Gasteiger partial charge in [0.25, 0.3) is 11.1 Å². The van der Waals surface area contributed by atoms with E-state index in [1.165, 1.54) is 10.5 Å². The number of thioether (sulfide) groups is 1. The number of rotatable bonds is 2. The lowest BCUT2D eigenvalue weighted by molar-refractivity contribution is -0.123. The lowest BCUT2D eigenvalue weighted by atomic mass is 9.88. The van der Waals surface area contributed by atoms with Crippen molar-refractivity contribution in [2.75, 3.05) is 11.9 Å². The van der Waals surface area contributed by atoms with Gasteiger partial charge in [-0.05, 0) is 75.7 Å². The van der Waals surface area contributed by atoms with E-state index in [4.69, 9.17) is 11.6 Å². The fourth-order valence-electron chi connectivity index (χ4n) is 3.36. The molecule has 2 aliphatic heterocycles. The minimum absolute atomic E-state index is 0.0954. The minimum atomic E-state index is -0.255. The topological polar surface area (TPSA) is 40.6 Å². The molecule has 1 saturated heterocycles. The Bertz CT molecular complexity index is 871. The number of carbonyl (C=O) groups is 2. The standard InChI is InChI=1S/C20H23ClN2O2S/c1-11(2)23-18(24)17(26-19(23)25)8-13-7-14-12(3)10-20(4,5)22(6)16(14)9-15(13)21/h7-11H,1-6H3/b17-8-. The van der Waals surface area contributed by atoms with Crippen molar-refractivity contribution in [3.63, 3.8) is 0 Å². The van der Waals surface area contributed by atoms with Gasteiger partial charge in [0, 0.05) is 29.4 Å². The normalized spacial score (nSPS) is 20.9. The molecule has 6 heteroatoms. The fraction of sp³-hybridized carbons (Fsp3) is 0.400. The summed E-state index contributed by atoms with van der Waals surface area (Å²) in [6.45, 7) is 10.1. The number of amides is 2. The van der Waals surface area contributed by atoms with Gasteiger partial charge in [0.1, 0.15) is 0 Å². The number of benzene rings is 1. The Morgan fingerprint density at radius 2 is 1.88 bits per heavy atom. The third kappa shape index (κ3) is 3.08. The van der Waals surface area contributed by atoms with Crippen molar-refractivity contribution in [3.05, 3.63) is 39.3 Å². The average Bonchev–Trinajstić information content (AvgIpc) is 2.80. The van der Waals surface area contributed by atoms with Crippen molar-refractivity contribution in [3.8, 4) is 0 Å². The van der Waals surface area contributed by atoms with Crippen LogP contribution in [0, 0.1) is 0 Å². The number of hydrogen-bond donors (Lipinski definition) is 0. The summed E-state index contributed by atoms with van der Waals surface area (Å²) in [5.74, 6) is -0.255.